The summed E-state index contributed by atoms with van der Waals surface area (Å²) in [6.07, 6.45) is 0. The Morgan fingerprint density at radius 1 is 1.60 bits per heavy atom. The first-order chi connectivity index (χ1) is 7.12. The molecule has 88 valence electrons. The van der Waals surface area contributed by atoms with Gasteiger partial charge in [0.1, 0.15) is 0 Å². The van der Waals surface area contributed by atoms with E-state index in [2.05, 4.69) is 13.5 Å². The summed E-state index contributed by atoms with van der Waals surface area (Å²) in [4.78, 5) is 0. The Bertz CT molecular complexity index is 202. The van der Waals surface area contributed by atoms with Gasteiger partial charge in [0.05, 0.1) is 0 Å². The van der Waals surface area contributed by atoms with Crippen LogP contribution < -0.4 is 0 Å². The van der Waals surface area contributed by atoms with Crippen molar-refractivity contribution >= 4 is 8.80 Å². The van der Waals surface area contributed by atoms with Gasteiger partial charge >= 0.3 is 8.80 Å². The van der Waals surface area contributed by atoms with E-state index in [1.165, 1.54) is 0 Å². The fourth-order valence-electron chi connectivity index (χ4n) is 1.18. The van der Waals surface area contributed by atoms with Gasteiger partial charge in [-0.1, -0.05) is 20.4 Å². The fraction of sp³-hybridized carbons (Fsp3) is 0.800. The largest absolute Gasteiger partial charge is 0.529 e. The highest BCUT2D eigenvalue weighted by Crippen LogP contribution is 2.20. The summed E-state index contributed by atoms with van der Waals surface area (Å²) in [5.41, 5.74) is 1.66. The lowest BCUT2D eigenvalue weighted by molar-refractivity contribution is -0.00343. The van der Waals surface area contributed by atoms with Crippen molar-refractivity contribution in [2.45, 2.75) is 13.8 Å². The van der Waals surface area contributed by atoms with Gasteiger partial charge in [-0.2, -0.15) is 0 Å². The molecule has 1 rings (SSSR count). The highest BCUT2D eigenvalue weighted by Gasteiger charge is 2.42. The number of aliphatic hydroxyl groups is 1. The normalized spacial score (nSPS) is 33.7. The van der Waals surface area contributed by atoms with Gasteiger partial charge in [0.25, 0.3) is 0 Å². The van der Waals surface area contributed by atoms with Crippen molar-refractivity contribution in [1.82, 2.24) is 0 Å². The quantitative estimate of drug-likeness (QED) is 0.718. The molecule has 0 saturated carbocycles. The van der Waals surface area contributed by atoms with Crippen molar-refractivity contribution in [2.75, 3.05) is 26.4 Å². The van der Waals surface area contributed by atoms with E-state index in [-0.39, 0.29) is 12.5 Å². The minimum absolute atomic E-state index is 0.0980. The minimum Gasteiger partial charge on any atom is -0.396 e. The molecule has 0 radical (unpaired) electrons. The maximum atomic E-state index is 8.89. The maximum Gasteiger partial charge on any atom is 0.529 e. The Labute approximate surface area is 92.2 Å². The first-order valence-corrected chi connectivity index (χ1v) is 7.08. The lowest BCUT2D eigenvalue weighted by atomic mass is 10.2. The second kappa shape index (κ2) is 5.76. The second-order valence-corrected chi connectivity index (χ2v) is 6.61. The molecule has 0 aromatic rings. The minimum atomic E-state index is -2.62. The highest BCUT2D eigenvalue weighted by atomic mass is 28.4. The highest BCUT2D eigenvalue weighted by molar-refractivity contribution is 6.66. The molecule has 4 nitrogen and oxygen atoms in total. The van der Waals surface area contributed by atoms with Gasteiger partial charge in [-0.05, 0) is 5.70 Å². The number of hydrogen-bond acceptors (Lipinski definition) is 4. The monoisotopic (exact) mass is 232 g/mol. The Kier molecular flexibility index (Phi) is 4.94. The lowest BCUT2D eigenvalue weighted by Crippen LogP contribution is -2.50. The van der Waals surface area contributed by atoms with Crippen molar-refractivity contribution in [3.63, 3.8) is 0 Å². The molecule has 0 amide bonds. The van der Waals surface area contributed by atoms with Crippen molar-refractivity contribution in [3.05, 3.63) is 12.3 Å². The van der Waals surface area contributed by atoms with Gasteiger partial charge in [-0.3, -0.25) is 0 Å². The van der Waals surface area contributed by atoms with E-state index < -0.39 is 8.80 Å². The van der Waals surface area contributed by atoms with Crippen LogP contribution in [0.1, 0.15) is 13.8 Å². The van der Waals surface area contributed by atoms with Crippen LogP contribution in [0.4, 0.5) is 0 Å². The number of rotatable bonds is 5. The molecule has 1 heterocycles. The molecule has 1 N–H and O–H groups in total. The molecule has 1 unspecified atom stereocenters. The summed E-state index contributed by atoms with van der Waals surface area (Å²) in [6.45, 7) is 9.56. The van der Waals surface area contributed by atoms with Crippen LogP contribution in [0.2, 0.25) is 0 Å². The van der Waals surface area contributed by atoms with Crippen LogP contribution in [0.5, 0.6) is 0 Å². The molecule has 1 saturated heterocycles. The molecule has 0 spiro atoms. The van der Waals surface area contributed by atoms with Gasteiger partial charge < -0.3 is 18.4 Å². The van der Waals surface area contributed by atoms with E-state index in [0.717, 1.165) is 0 Å². The summed E-state index contributed by atoms with van der Waals surface area (Å²) in [5, 5.41) is 8.89. The fourth-order valence-corrected chi connectivity index (χ4v) is 3.33. The average Bonchev–Trinajstić information content (AvgIpc) is 2.28. The number of hydrogen-bond donors (Lipinski definition) is 1. The molecule has 1 aliphatic rings. The van der Waals surface area contributed by atoms with Crippen LogP contribution in [-0.2, 0) is 13.3 Å². The van der Waals surface area contributed by atoms with Crippen LogP contribution in [0, 0.1) is 11.8 Å². The van der Waals surface area contributed by atoms with Crippen molar-refractivity contribution in [2.24, 2.45) is 11.8 Å². The average molecular weight is 232 g/mol. The van der Waals surface area contributed by atoms with Gasteiger partial charge in [0.15, 0.2) is 0 Å². The molecule has 1 fully saturated rings. The van der Waals surface area contributed by atoms with Crippen molar-refractivity contribution in [1.29, 1.82) is 0 Å². The zero-order valence-electron chi connectivity index (χ0n) is 9.44. The van der Waals surface area contributed by atoms with Gasteiger partial charge in [0, 0.05) is 38.3 Å². The second-order valence-electron chi connectivity index (χ2n) is 4.13. The molecule has 15 heavy (non-hydrogen) atoms. The smallest absolute Gasteiger partial charge is 0.396 e. The van der Waals surface area contributed by atoms with E-state index in [1.807, 2.05) is 6.92 Å². The Balaban J connectivity index is 2.43. The van der Waals surface area contributed by atoms with Crippen LogP contribution in [-0.4, -0.2) is 40.3 Å². The lowest BCUT2D eigenvalue weighted by Gasteiger charge is -2.33. The van der Waals surface area contributed by atoms with E-state index in [4.69, 9.17) is 18.4 Å². The molecular formula is C10H20O4Si. The standard InChI is InChI=1S/C10H20O4Si/c1-4-15(12-6-9(2)5-11)13-7-10(3)8-14-15/h4,9-11H,1,5-8H2,2-3H3. The molecule has 0 aromatic carbocycles. The zero-order valence-corrected chi connectivity index (χ0v) is 10.4. The third-order valence-electron chi connectivity index (χ3n) is 2.27. The van der Waals surface area contributed by atoms with Crippen LogP contribution in [0.15, 0.2) is 12.3 Å². The number of aliphatic hydroxyl groups excluding tert-OH is 1. The SMILES string of the molecule is C=C[Si]1(OCC(C)CO)OCC(C)CO1. The molecule has 0 bridgehead atoms. The Hall–Kier alpha value is -0.203. The third kappa shape index (κ3) is 3.69. The Morgan fingerprint density at radius 2 is 2.20 bits per heavy atom. The van der Waals surface area contributed by atoms with Crippen LogP contribution in [0.3, 0.4) is 0 Å². The topological polar surface area (TPSA) is 47.9 Å². The molecule has 1 atom stereocenters. The summed E-state index contributed by atoms with van der Waals surface area (Å²) < 4.78 is 16.9. The molecule has 5 heteroatoms. The Morgan fingerprint density at radius 3 is 2.67 bits per heavy atom. The third-order valence-corrected chi connectivity index (χ3v) is 4.48. The van der Waals surface area contributed by atoms with Gasteiger partial charge in [0.2, 0.25) is 0 Å². The first-order valence-electron chi connectivity index (χ1n) is 5.28. The first kappa shape index (κ1) is 12.9. The predicted octanol–water partition coefficient (Wildman–Crippen LogP) is 0.978. The zero-order chi connectivity index (χ0) is 11.3. The van der Waals surface area contributed by atoms with E-state index in [9.17, 15) is 0 Å². The van der Waals surface area contributed by atoms with E-state index in [0.29, 0.717) is 25.7 Å². The predicted molar refractivity (Wildman–Crippen MR) is 59.2 cm³/mol. The summed E-state index contributed by atoms with van der Waals surface area (Å²) >= 11 is 0. The molecular weight excluding hydrogens is 212 g/mol. The summed E-state index contributed by atoms with van der Waals surface area (Å²) in [5.74, 6) is 0.505. The van der Waals surface area contributed by atoms with E-state index in [1.54, 1.807) is 5.70 Å². The maximum absolute atomic E-state index is 8.89. The summed E-state index contributed by atoms with van der Waals surface area (Å²) in [6, 6.07) is 0. The van der Waals surface area contributed by atoms with Crippen LogP contribution in [0.25, 0.3) is 0 Å². The van der Waals surface area contributed by atoms with Gasteiger partial charge in [-0.15, -0.1) is 0 Å². The van der Waals surface area contributed by atoms with Crippen LogP contribution >= 0.6 is 0 Å². The van der Waals surface area contributed by atoms with Crippen molar-refractivity contribution in [3.8, 4) is 0 Å². The molecule has 0 aromatic heterocycles. The molecule has 0 aliphatic carbocycles. The molecule has 1 aliphatic heterocycles. The summed E-state index contributed by atoms with van der Waals surface area (Å²) in [7, 11) is -2.62. The van der Waals surface area contributed by atoms with E-state index >= 15 is 0 Å². The van der Waals surface area contributed by atoms with Crippen molar-refractivity contribution < 1.29 is 18.4 Å². The van der Waals surface area contributed by atoms with Gasteiger partial charge in [-0.25, -0.2) is 0 Å².